The zero-order valence-corrected chi connectivity index (χ0v) is 14.2. The van der Waals surface area contributed by atoms with E-state index in [0.29, 0.717) is 11.7 Å². The quantitative estimate of drug-likeness (QED) is 0.821. The SMILES string of the molecule is CCc1ccc(NC(=S)NCc2ccc(N(C)C)cc2)cc1. The standard InChI is InChI=1S/C18H23N3S/c1-4-14-5-9-16(10-6-14)20-18(22)19-13-15-7-11-17(12-8-15)21(2)3/h5-12H,4,13H2,1-3H3,(H2,19,20,22). The molecule has 4 heteroatoms. The smallest absolute Gasteiger partial charge is 0.171 e. The van der Waals surface area contributed by atoms with Crippen molar-refractivity contribution in [2.75, 3.05) is 24.3 Å². The van der Waals surface area contributed by atoms with Crippen LogP contribution in [0.1, 0.15) is 18.1 Å². The molecule has 3 nitrogen and oxygen atoms in total. The lowest BCUT2D eigenvalue weighted by Gasteiger charge is -2.14. The molecule has 0 bridgehead atoms. The fourth-order valence-corrected chi connectivity index (χ4v) is 2.28. The molecule has 0 atom stereocenters. The van der Waals surface area contributed by atoms with E-state index in [4.69, 9.17) is 12.2 Å². The van der Waals surface area contributed by atoms with Gasteiger partial charge in [0.15, 0.2) is 5.11 Å². The summed E-state index contributed by atoms with van der Waals surface area (Å²) in [7, 11) is 4.08. The molecule has 0 heterocycles. The number of thiocarbonyl (C=S) groups is 1. The first kappa shape index (κ1) is 16.3. The van der Waals surface area contributed by atoms with Crippen LogP contribution in [0.4, 0.5) is 11.4 Å². The zero-order valence-electron chi connectivity index (χ0n) is 13.4. The normalized spacial score (nSPS) is 10.1. The van der Waals surface area contributed by atoms with E-state index in [1.54, 1.807) is 0 Å². The highest BCUT2D eigenvalue weighted by atomic mass is 32.1. The van der Waals surface area contributed by atoms with Crippen LogP contribution in [0.25, 0.3) is 0 Å². The predicted octanol–water partition coefficient (Wildman–Crippen LogP) is 3.80. The molecular formula is C18H23N3S. The maximum Gasteiger partial charge on any atom is 0.171 e. The van der Waals surface area contributed by atoms with Crippen molar-refractivity contribution in [1.82, 2.24) is 5.32 Å². The molecule has 2 aromatic rings. The van der Waals surface area contributed by atoms with Crippen LogP contribution in [0.2, 0.25) is 0 Å². The van der Waals surface area contributed by atoms with Gasteiger partial charge in [0.25, 0.3) is 0 Å². The lowest BCUT2D eigenvalue weighted by molar-refractivity contribution is 0.925. The highest BCUT2D eigenvalue weighted by Gasteiger charge is 2.00. The van der Waals surface area contributed by atoms with Crippen LogP contribution < -0.4 is 15.5 Å². The van der Waals surface area contributed by atoms with Crippen molar-refractivity contribution in [1.29, 1.82) is 0 Å². The highest BCUT2D eigenvalue weighted by Crippen LogP contribution is 2.12. The highest BCUT2D eigenvalue weighted by molar-refractivity contribution is 7.80. The largest absolute Gasteiger partial charge is 0.378 e. The van der Waals surface area contributed by atoms with Gasteiger partial charge in [0, 0.05) is 32.0 Å². The molecule has 0 aliphatic rings. The molecule has 22 heavy (non-hydrogen) atoms. The van der Waals surface area contributed by atoms with Gasteiger partial charge in [-0.05, 0) is 54.0 Å². The van der Waals surface area contributed by atoms with Gasteiger partial charge in [-0.1, -0.05) is 31.2 Å². The summed E-state index contributed by atoms with van der Waals surface area (Å²) in [6, 6.07) is 16.8. The van der Waals surface area contributed by atoms with Crippen molar-refractivity contribution in [2.24, 2.45) is 0 Å². The Labute approximate surface area is 138 Å². The van der Waals surface area contributed by atoms with E-state index in [0.717, 1.165) is 12.1 Å². The third-order valence-corrected chi connectivity index (χ3v) is 3.77. The first-order valence-corrected chi connectivity index (χ1v) is 7.89. The van der Waals surface area contributed by atoms with Crippen molar-refractivity contribution in [3.63, 3.8) is 0 Å². The van der Waals surface area contributed by atoms with Crippen LogP contribution in [-0.2, 0) is 13.0 Å². The second-order valence-electron chi connectivity index (χ2n) is 5.42. The van der Waals surface area contributed by atoms with Gasteiger partial charge >= 0.3 is 0 Å². The summed E-state index contributed by atoms with van der Waals surface area (Å²) in [6.45, 7) is 2.86. The van der Waals surface area contributed by atoms with E-state index in [1.165, 1.54) is 16.8 Å². The van der Waals surface area contributed by atoms with E-state index in [2.05, 4.69) is 71.0 Å². The number of rotatable bonds is 5. The third-order valence-electron chi connectivity index (χ3n) is 3.53. The van der Waals surface area contributed by atoms with Crippen LogP contribution in [-0.4, -0.2) is 19.2 Å². The number of benzene rings is 2. The van der Waals surface area contributed by atoms with E-state index in [1.807, 2.05) is 14.1 Å². The second kappa shape index (κ2) is 7.80. The van der Waals surface area contributed by atoms with Crippen molar-refractivity contribution >= 4 is 28.7 Å². The Morgan fingerprint density at radius 3 is 2.09 bits per heavy atom. The summed E-state index contributed by atoms with van der Waals surface area (Å²) in [5.74, 6) is 0. The minimum atomic E-state index is 0.640. The number of hydrogen-bond donors (Lipinski definition) is 2. The third kappa shape index (κ3) is 4.74. The number of anilines is 2. The minimum absolute atomic E-state index is 0.640. The molecule has 0 saturated carbocycles. The molecule has 2 N–H and O–H groups in total. The lowest BCUT2D eigenvalue weighted by Crippen LogP contribution is -2.27. The van der Waals surface area contributed by atoms with Crippen molar-refractivity contribution in [3.8, 4) is 0 Å². The molecular weight excluding hydrogens is 290 g/mol. The average molecular weight is 313 g/mol. The van der Waals surface area contributed by atoms with E-state index >= 15 is 0 Å². The number of hydrogen-bond acceptors (Lipinski definition) is 2. The van der Waals surface area contributed by atoms with Crippen molar-refractivity contribution in [2.45, 2.75) is 19.9 Å². The van der Waals surface area contributed by atoms with Crippen molar-refractivity contribution < 1.29 is 0 Å². The number of nitrogens with one attached hydrogen (secondary N) is 2. The van der Waals surface area contributed by atoms with Gasteiger partial charge in [0.1, 0.15) is 0 Å². The molecule has 2 rings (SSSR count). The molecule has 0 amide bonds. The number of aryl methyl sites for hydroxylation is 1. The van der Waals surface area contributed by atoms with Crippen LogP contribution in [0.3, 0.4) is 0 Å². The Balaban J connectivity index is 1.84. The Bertz CT molecular complexity index is 603. The molecule has 0 spiro atoms. The summed E-state index contributed by atoms with van der Waals surface area (Å²) in [6.07, 6.45) is 1.05. The van der Waals surface area contributed by atoms with Gasteiger partial charge in [-0.3, -0.25) is 0 Å². The lowest BCUT2D eigenvalue weighted by atomic mass is 10.1. The molecule has 0 aromatic heterocycles. The summed E-state index contributed by atoms with van der Waals surface area (Å²) in [4.78, 5) is 2.09. The van der Waals surface area contributed by atoms with E-state index < -0.39 is 0 Å². The molecule has 0 fully saturated rings. The Morgan fingerprint density at radius 2 is 1.55 bits per heavy atom. The van der Waals surface area contributed by atoms with Crippen LogP contribution in [0, 0.1) is 0 Å². The van der Waals surface area contributed by atoms with Gasteiger partial charge in [-0.2, -0.15) is 0 Å². The maximum absolute atomic E-state index is 5.33. The summed E-state index contributed by atoms with van der Waals surface area (Å²) < 4.78 is 0. The van der Waals surface area contributed by atoms with Gasteiger partial charge in [0.2, 0.25) is 0 Å². The molecule has 2 aromatic carbocycles. The Hall–Kier alpha value is -2.07. The molecule has 0 aliphatic heterocycles. The van der Waals surface area contributed by atoms with Crippen molar-refractivity contribution in [3.05, 3.63) is 59.7 Å². The Morgan fingerprint density at radius 1 is 0.955 bits per heavy atom. The van der Waals surface area contributed by atoms with Gasteiger partial charge in [-0.25, -0.2) is 0 Å². The first-order chi connectivity index (χ1) is 10.6. The van der Waals surface area contributed by atoms with Gasteiger partial charge in [-0.15, -0.1) is 0 Å². The first-order valence-electron chi connectivity index (χ1n) is 7.48. The van der Waals surface area contributed by atoms with Crippen LogP contribution >= 0.6 is 12.2 Å². The maximum atomic E-state index is 5.33. The van der Waals surface area contributed by atoms with Crippen LogP contribution in [0.15, 0.2) is 48.5 Å². The van der Waals surface area contributed by atoms with Gasteiger partial charge < -0.3 is 15.5 Å². The summed E-state index contributed by atoms with van der Waals surface area (Å²) in [5.41, 5.74) is 4.74. The topological polar surface area (TPSA) is 27.3 Å². The predicted molar refractivity (Wildman–Crippen MR) is 99.6 cm³/mol. The molecule has 0 aliphatic carbocycles. The monoisotopic (exact) mass is 313 g/mol. The second-order valence-corrected chi connectivity index (χ2v) is 5.83. The van der Waals surface area contributed by atoms with Gasteiger partial charge in [0.05, 0.1) is 0 Å². The zero-order chi connectivity index (χ0) is 15.9. The number of nitrogens with zero attached hydrogens (tertiary/aromatic N) is 1. The fraction of sp³-hybridized carbons (Fsp3) is 0.278. The fourth-order valence-electron chi connectivity index (χ4n) is 2.09. The Kier molecular flexibility index (Phi) is 5.78. The summed E-state index contributed by atoms with van der Waals surface area (Å²) in [5, 5.41) is 7.08. The molecule has 0 unspecified atom stereocenters. The molecule has 0 saturated heterocycles. The van der Waals surface area contributed by atoms with E-state index in [-0.39, 0.29) is 0 Å². The molecule has 0 radical (unpaired) electrons. The average Bonchev–Trinajstić information content (AvgIpc) is 2.54. The van der Waals surface area contributed by atoms with E-state index in [9.17, 15) is 0 Å². The molecule has 116 valence electrons. The minimum Gasteiger partial charge on any atom is -0.378 e. The summed E-state index contributed by atoms with van der Waals surface area (Å²) >= 11 is 5.33. The van der Waals surface area contributed by atoms with Crippen LogP contribution in [0.5, 0.6) is 0 Å².